The monoisotopic (exact) mass is 206 g/mol. The van der Waals surface area contributed by atoms with E-state index < -0.39 is 0 Å². The van der Waals surface area contributed by atoms with Crippen LogP contribution in [0.15, 0.2) is 18.2 Å². The van der Waals surface area contributed by atoms with Crippen molar-refractivity contribution in [2.75, 3.05) is 0 Å². The molecule has 1 aliphatic rings. The number of benzene rings is 1. The van der Waals surface area contributed by atoms with Crippen LogP contribution in [0.25, 0.3) is 0 Å². The number of halogens is 1. The number of aldehydes is 1. The first-order valence-electron chi connectivity index (χ1n) is 5.27. The van der Waals surface area contributed by atoms with Crippen molar-refractivity contribution in [2.24, 2.45) is 11.3 Å². The molecule has 1 aromatic carbocycles. The SMILES string of the molecule is CC(C)(C=O)C1Cc2cccc(F)c2C1. The molecular formula is C13H15FO. The molecule has 1 unspecified atom stereocenters. The summed E-state index contributed by atoms with van der Waals surface area (Å²) >= 11 is 0. The predicted molar refractivity (Wildman–Crippen MR) is 57.1 cm³/mol. The van der Waals surface area contributed by atoms with Crippen molar-refractivity contribution in [3.8, 4) is 0 Å². The second-order valence-corrected chi connectivity index (χ2v) is 4.92. The molecule has 0 saturated carbocycles. The van der Waals surface area contributed by atoms with Crippen LogP contribution in [0.4, 0.5) is 4.39 Å². The van der Waals surface area contributed by atoms with Gasteiger partial charge in [0, 0.05) is 5.41 Å². The highest BCUT2D eigenvalue weighted by molar-refractivity contribution is 5.59. The number of rotatable bonds is 2. The molecule has 2 heteroatoms. The Labute approximate surface area is 89.3 Å². The largest absolute Gasteiger partial charge is 0.303 e. The fourth-order valence-corrected chi connectivity index (χ4v) is 2.23. The van der Waals surface area contributed by atoms with E-state index in [4.69, 9.17) is 0 Å². The first-order valence-corrected chi connectivity index (χ1v) is 5.27. The summed E-state index contributed by atoms with van der Waals surface area (Å²) in [7, 11) is 0. The topological polar surface area (TPSA) is 17.1 Å². The van der Waals surface area contributed by atoms with Crippen LogP contribution in [0.2, 0.25) is 0 Å². The van der Waals surface area contributed by atoms with E-state index in [9.17, 15) is 9.18 Å². The highest BCUT2D eigenvalue weighted by Gasteiger charge is 2.35. The average molecular weight is 206 g/mol. The second kappa shape index (κ2) is 3.44. The Hall–Kier alpha value is -1.18. The Kier molecular flexibility index (Phi) is 2.37. The van der Waals surface area contributed by atoms with E-state index in [0.29, 0.717) is 6.42 Å². The Morgan fingerprint density at radius 1 is 1.40 bits per heavy atom. The molecule has 1 atom stereocenters. The molecule has 0 radical (unpaired) electrons. The second-order valence-electron chi connectivity index (χ2n) is 4.92. The molecule has 0 spiro atoms. The molecule has 0 saturated heterocycles. The summed E-state index contributed by atoms with van der Waals surface area (Å²) in [6, 6.07) is 5.19. The van der Waals surface area contributed by atoms with Gasteiger partial charge in [0.1, 0.15) is 12.1 Å². The van der Waals surface area contributed by atoms with Gasteiger partial charge in [0.25, 0.3) is 0 Å². The minimum atomic E-state index is -0.356. The van der Waals surface area contributed by atoms with E-state index in [-0.39, 0.29) is 17.2 Å². The lowest BCUT2D eigenvalue weighted by Crippen LogP contribution is -2.26. The number of hydrogen-bond donors (Lipinski definition) is 0. The number of carbonyl (C=O) groups excluding carboxylic acids is 1. The minimum Gasteiger partial charge on any atom is -0.303 e. The third-order valence-corrected chi connectivity index (χ3v) is 3.49. The van der Waals surface area contributed by atoms with Crippen molar-refractivity contribution in [1.82, 2.24) is 0 Å². The third-order valence-electron chi connectivity index (χ3n) is 3.49. The van der Waals surface area contributed by atoms with Gasteiger partial charge < -0.3 is 4.79 Å². The van der Waals surface area contributed by atoms with Crippen LogP contribution < -0.4 is 0 Å². The van der Waals surface area contributed by atoms with E-state index in [1.807, 2.05) is 19.9 Å². The zero-order valence-corrected chi connectivity index (χ0v) is 9.09. The minimum absolute atomic E-state index is 0.128. The summed E-state index contributed by atoms with van der Waals surface area (Å²) in [4.78, 5) is 11.0. The Morgan fingerprint density at radius 3 is 2.73 bits per heavy atom. The number of fused-ring (bicyclic) bond motifs is 1. The van der Waals surface area contributed by atoms with Gasteiger partial charge in [-0.3, -0.25) is 0 Å². The fourth-order valence-electron chi connectivity index (χ4n) is 2.23. The first-order chi connectivity index (χ1) is 7.04. The molecule has 1 aromatic rings. The maximum absolute atomic E-state index is 13.5. The normalized spacial score (nSPS) is 20.1. The molecule has 15 heavy (non-hydrogen) atoms. The van der Waals surface area contributed by atoms with Gasteiger partial charge in [-0.05, 0) is 36.0 Å². The van der Waals surface area contributed by atoms with Gasteiger partial charge >= 0.3 is 0 Å². The van der Waals surface area contributed by atoms with Crippen LogP contribution >= 0.6 is 0 Å². The molecule has 2 rings (SSSR count). The summed E-state index contributed by atoms with van der Waals surface area (Å²) in [5, 5.41) is 0. The van der Waals surface area contributed by atoms with Gasteiger partial charge in [-0.2, -0.15) is 0 Å². The van der Waals surface area contributed by atoms with Crippen molar-refractivity contribution in [3.05, 3.63) is 35.1 Å². The van der Waals surface area contributed by atoms with Crippen molar-refractivity contribution in [2.45, 2.75) is 26.7 Å². The van der Waals surface area contributed by atoms with Crippen molar-refractivity contribution >= 4 is 6.29 Å². The van der Waals surface area contributed by atoms with E-state index in [1.54, 1.807) is 6.07 Å². The average Bonchev–Trinajstić information content (AvgIpc) is 2.64. The van der Waals surface area contributed by atoms with Gasteiger partial charge in [0.2, 0.25) is 0 Å². The molecule has 0 heterocycles. The molecule has 80 valence electrons. The quantitative estimate of drug-likeness (QED) is 0.680. The summed E-state index contributed by atoms with van der Waals surface area (Å²) in [5.41, 5.74) is 1.51. The Balaban J connectivity index is 2.30. The molecule has 1 aliphatic carbocycles. The molecule has 1 nitrogen and oxygen atoms in total. The van der Waals surface area contributed by atoms with Gasteiger partial charge in [-0.25, -0.2) is 4.39 Å². The summed E-state index contributed by atoms with van der Waals surface area (Å²) in [6.07, 6.45) is 2.49. The summed E-state index contributed by atoms with van der Waals surface area (Å²) < 4.78 is 13.5. The van der Waals surface area contributed by atoms with Crippen LogP contribution in [0, 0.1) is 17.2 Å². The zero-order chi connectivity index (χ0) is 11.1. The van der Waals surface area contributed by atoms with Crippen molar-refractivity contribution in [3.63, 3.8) is 0 Å². The molecule has 0 N–H and O–H groups in total. The molecule has 0 aliphatic heterocycles. The predicted octanol–water partition coefficient (Wildman–Crippen LogP) is 2.77. The third kappa shape index (κ3) is 1.69. The van der Waals surface area contributed by atoms with E-state index >= 15 is 0 Å². The highest BCUT2D eigenvalue weighted by Crippen LogP contribution is 2.38. The van der Waals surface area contributed by atoms with Crippen molar-refractivity contribution < 1.29 is 9.18 Å². The van der Waals surface area contributed by atoms with Gasteiger partial charge in [0.15, 0.2) is 0 Å². The number of hydrogen-bond acceptors (Lipinski definition) is 1. The molecular weight excluding hydrogens is 191 g/mol. The van der Waals surface area contributed by atoms with E-state index in [1.165, 1.54) is 6.07 Å². The smallest absolute Gasteiger partial charge is 0.126 e. The van der Waals surface area contributed by atoms with Crippen LogP contribution in [-0.4, -0.2) is 6.29 Å². The lowest BCUT2D eigenvalue weighted by atomic mass is 9.78. The molecule has 0 aromatic heterocycles. The lowest BCUT2D eigenvalue weighted by Gasteiger charge is -2.24. The van der Waals surface area contributed by atoms with Crippen molar-refractivity contribution in [1.29, 1.82) is 0 Å². The summed E-state index contributed by atoms with van der Waals surface area (Å²) in [6.45, 7) is 3.85. The maximum atomic E-state index is 13.5. The lowest BCUT2D eigenvalue weighted by molar-refractivity contribution is -0.116. The Morgan fingerprint density at radius 2 is 2.13 bits per heavy atom. The first kappa shape index (κ1) is 10.3. The van der Waals surface area contributed by atoms with E-state index in [0.717, 1.165) is 23.8 Å². The van der Waals surface area contributed by atoms with Gasteiger partial charge in [-0.15, -0.1) is 0 Å². The molecule has 0 bridgehead atoms. The van der Waals surface area contributed by atoms with Crippen LogP contribution in [-0.2, 0) is 17.6 Å². The van der Waals surface area contributed by atoms with Crippen LogP contribution in [0.1, 0.15) is 25.0 Å². The fraction of sp³-hybridized carbons (Fsp3) is 0.462. The zero-order valence-electron chi connectivity index (χ0n) is 9.09. The molecule has 0 fully saturated rings. The van der Waals surface area contributed by atoms with E-state index in [2.05, 4.69) is 0 Å². The Bertz CT molecular complexity index is 396. The van der Waals surface area contributed by atoms with Gasteiger partial charge in [-0.1, -0.05) is 26.0 Å². The van der Waals surface area contributed by atoms with Crippen LogP contribution in [0.5, 0.6) is 0 Å². The summed E-state index contributed by atoms with van der Waals surface area (Å²) in [5.74, 6) is 0.110. The molecule has 0 amide bonds. The number of carbonyl (C=O) groups is 1. The van der Waals surface area contributed by atoms with Gasteiger partial charge in [0.05, 0.1) is 0 Å². The maximum Gasteiger partial charge on any atom is 0.126 e. The highest BCUT2D eigenvalue weighted by atomic mass is 19.1. The standard InChI is InChI=1S/C13H15FO/c1-13(2,8-15)10-6-9-4-3-5-12(14)11(9)7-10/h3-5,8,10H,6-7H2,1-2H3. The van der Waals surface area contributed by atoms with Crippen LogP contribution in [0.3, 0.4) is 0 Å².